The van der Waals surface area contributed by atoms with Crippen molar-refractivity contribution >= 4 is 28.7 Å². The van der Waals surface area contributed by atoms with Crippen LogP contribution in [0.4, 0.5) is 13.2 Å². The molecule has 0 bridgehead atoms. The number of alkyl halides is 2. The number of nitrogens with zero attached hydrogens (tertiary/aromatic N) is 1. The SMILES string of the molecule is N[C@H](c1cnc(CC(=O)C2(c3ccc4c(c3)OC(F)(F)O4)CC2)s1)c1ccc(F)cc1Cl. The zero-order valence-corrected chi connectivity index (χ0v) is 18.0. The molecule has 2 aliphatic rings. The Kier molecular flexibility index (Phi) is 4.96. The lowest BCUT2D eigenvalue weighted by atomic mass is 9.89. The summed E-state index contributed by atoms with van der Waals surface area (Å²) in [5.41, 5.74) is 6.70. The number of ether oxygens (including phenoxy) is 2. The lowest BCUT2D eigenvalue weighted by Gasteiger charge is -2.14. The van der Waals surface area contributed by atoms with Crippen LogP contribution >= 0.6 is 22.9 Å². The quantitative estimate of drug-likeness (QED) is 0.528. The van der Waals surface area contributed by atoms with Crippen molar-refractivity contribution in [2.45, 2.75) is 37.0 Å². The van der Waals surface area contributed by atoms with Gasteiger partial charge in [-0.05, 0) is 48.2 Å². The van der Waals surface area contributed by atoms with Crippen molar-refractivity contribution in [3.05, 3.63) is 74.4 Å². The van der Waals surface area contributed by atoms with Crippen molar-refractivity contribution in [3.8, 4) is 11.5 Å². The van der Waals surface area contributed by atoms with Crippen LogP contribution in [-0.2, 0) is 16.6 Å². The molecule has 2 N–H and O–H groups in total. The number of rotatable bonds is 6. The van der Waals surface area contributed by atoms with E-state index < -0.39 is 23.6 Å². The highest BCUT2D eigenvalue weighted by atomic mass is 35.5. The Labute approximate surface area is 189 Å². The fourth-order valence-electron chi connectivity index (χ4n) is 3.86. The molecule has 1 aliphatic carbocycles. The summed E-state index contributed by atoms with van der Waals surface area (Å²) in [6.45, 7) is 0. The first-order valence-electron chi connectivity index (χ1n) is 9.76. The molecule has 0 unspecified atom stereocenters. The lowest BCUT2D eigenvalue weighted by molar-refractivity contribution is -0.286. The number of thiazole rings is 1. The van der Waals surface area contributed by atoms with Crippen LogP contribution < -0.4 is 15.2 Å². The first kappa shape index (κ1) is 21.2. The van der Waals surface area contributed by atoms with E-state index in [0.29, 0.717) is 33.9 Å². The van der Waals surface area contributed by atoms with Gasteiger partial charge in [0.2, 0.25) is 0 Å². The molecule has 2 heterocycles. The summed E-state index contributed by atoms with van der Waals surface area (Å²) in [7, 11) is 0. The third-order valence-electron chi connectivity index (χ3n) is 5.72. The van der Waals surface area contributed by atoms with Gasteiger partial charge in [0, 0.05) is 16.1 Å². The van der Waals surface area contributed by atoms with Crippen molar-refractivity contribution in [1.29, 1.82) is 0 Å². The molecule has 32 heavy (non-hydrogen) atoms. The summed E-state index contributed by atoms with van der Waals surface area (Å²) < 4.78 is 48.9. The molecule has 166 valence electrons. The zero-order valence-electron chi connectivity index (χ0n) is 16.4. The van der Waals surface area contributed by atoms with E-state index in [1.807, 2.05) is 0 Å². The first-order valence-corrected chi connectivity index (χ1v) is 11.0. The number of hydrogen-bond donors (Lipinski definition) is 1. The second-order valence-electron chi connectivity index (χ2n) is 7.81. The number of benzene rings is 2. The number of carbonyl (C=O) groups is 1. The number of aromatic nitrogens is 1. The summed E-state index contributed by atoms with van der Waals surface area (Å²) >= 11 is 7.39. The molecule has 1 aromatic heterocycles. The Balaban J connectivity index is 1.33. The predicted molar refractivity (Wildman–Crippen MR) is 112 cm³/mol. The molecule has 5 rings (SSSR count). The summed E-state index contributed by atoms with van der Waals surface area (Å²) in [6.07, 6.45) is -0.806. The second-order valence-corrected chi connectivity index (χ2v) is 9.36. The average molecular weight is 481 g/mol. The van der Waals surface area contributed by atoms with Crippen molar-refractivity contribution in [2.75, 3.05) is 0 Å². The Morgan fingerprint density at radius 1 is 1.19 bits per heavy atom. The van der Waals surface area contributed by atoms with Crippen LogP contribution in [0.2, 0.25) is 5.02 Å². The predicted octanol–water partition coefficient (Wildman–Crippen LogP) is 5.15. The van der Waals surface area contributed by atoms with E-state index in [0.717, 1.165) is 0 Å². The zero-order chi connectivity index (χ0) is 22.7. The highest BCUT2D eigenvalue weighted by Gasteiger charge is 2.52. The second kappa shape index (κ2) is 7.47. The number of fused-ring (bicyclic) bond motifs is 1. The molecule has 1 atom stereocenters. The highest BCUT2D eigenvalue weighted by molar-refractivity contribution is 7.11. The maximum atomic E-state index is 13.3. The van der Waals surface area contributed by atoms with E-state index in [2.05, 4.69) is 14.5 Å². The van der Waals surface area contributed by atoms with Crippen molar-refractivity contribution < 1.29 is 27.4 Å². The van der Waals surface area contributed by atoms with Crippen LogP contribution in [0.3, 0.4) is 0 Å². The van der Waals surface area contributed by atoms with Gasteiger partial charge in [0.1, 0.15) is 16.6 Å². The Morgan fingerprint density at radius 2 is 1.94 bits per heavy atom. The maximum Gasteiger partial charge on any atom is 0.586 e. The maximum absolute atomic E-state index is 13.3. The molecule has 0 saturated heterocycles. The molecular weight excluding hydrogens is 465 g/mol. The molecule has 10 heteroatoms. The Hall–Kier alpha value is -2.62. The molecule has 0 amide bonds. The summed E-state index contributed by atoms with van der Waals surface area (Å²) in [4.78, 5) is 18.1. The van der Waals surface area contributed by atoms with Crippen molar-refractivity contribution in [3.63, 3.8) is 0 Å². The van der Waals surface area contributed by atoms with Gasteiger partial charge in [0.25, 0.3) is 0 Å². The molecule has 5 nitrogen and oxygen atoms in total. The van der Waals surface area contributed by atoms with Crippen LogP contribution in [0, 0.1) is 5.82 Å². The summed E-state index contributed by atoms with van der Waals surface area (Å²) in [5.74, 6) is -0.647. The smallest absolute Gasteiger partial charge is 0.395 e. The van der Waals surface area contributed by atoms with Gasteiger partial charge >= 0.3 is 6.29 Å². The standard InChI is InChI=1S/C22H16ClF3N2O3S/c23-14-8-12(24)2-3-13(14)20(27)17-10-28-19(32-17)9-18(29)21(5-6-21)11-1-4-15-16(7-11)31-22(25,26)30-15/h1-4,7-8,10,20H,5-6,9,27H2/t20-/m0/s1. The van der Waals surface area contributed by atoms with Crippen LogP contribution in [0.25, 0.3) is 0 Å². The molecule has 2 aromatic carbocycles. The number of hydrogen-bond acceptors (Lipinski definition) is 6. The normalized spacial score (nSPS) is 18.4. The first-order chi connectivity index (χ1) is 15.2. The van der Waals surface area contributed by atoms with Crippen LogP contribution in [0.15, 0.2) is 42.6 Å². The Bertz CT molecular complexity index is 1230. The summed E-state index contributed by atoms with van der Waals surface area (Å²) in [5, 5.41) is 0.797. The van der Waals surface area contributed by atoms with Gasteiger partial charge in [-0.3, -0.25) is 4.79 Å². The van der Waals surface area contributed by atoms with E-state index in [1.165, 1.54) is 41.7 Å². The number of carbonyl (C=O) groups excluding carboxylic acids is 1. The minimum absolute atomic E-state index is 0.0556. The molecule has 0 spiro atoms. The number of halogens is 4. The minimum atomic E-state index is -3.70. The van der Waals surface area contributed by atoms with E-state index in [9.17, 15) is 18.0 Å². The number of nitrogens with two attached hydrogens (primary N) is 1. The largest absolute Gasteiger partial charge is 0.586 e. The molecule has 1 fully saturated rings. The van der Waals surface area contributed by atoms with Gasteiger partial charge in [-0.15, -0.1) is 20.1 Å². The van der Waals surface area contributed by atoms with Crippen LogP contribution in [-0.4, -0.2) is 17.1 Å². The van der Waals surface area contributed by atoms with Gasteiger partial charge in [-0.25, -0.2) is 9.37 Å². The molecule has 1 aliphatic heterocycles. The third kappa shape index (κ3) is 3.74. The minimum Gasteiger partial charge on any atom is -0.395 e. The third-order valence-corrected chi connectivity index (χ3v) is 7.13. The topological polar surface area (TPSA) is 74.4 Å². The fourth-order valence-corrected chi connectivity index (χ4v) is 5.09. The number of Topliss-reactive ketones (excluding diaryl/α,β-unsaturated/α-hetero) is 1. The van der Waals surface area contributed by atoms with Gasteiger partial charge < -0.3 is 15.2 Å². The van der Waals surface area contributed by atoms with Crippen LogP contribution in [0.1, 0.15) is 39.9 Å². The summed E-state index contributed by atoms with van der Waals surface area (Å²) in [6, 6.07) is 7.86. The van der Waals surface area contributed by atoms with E-state index >= 15 is 0 Å². The molecule has 1 saturated carbocycles. The molecular formula is C22H16ClF3N2O3S. The van der Waals surface area contributed by atoms with E-state index in [4.69, 9.17) is 17.3 Å². The fraction of sp³-hybridized carbons (Fsp3) is 0.273. The average Bonchev–Trinajstić information content (AvgIpc) is 3.30. The van der Waals surface area contributed by atoms with E-state index in [1.54, 1.807) is 12.3 Å². The van der Waals surface area contributed by atoms with Crippen molar-refractivity contribution in [1.82, 2.24) is 4.98 Å². The van der Waals surface area contributed by atoms with E-state index in [-0.39, 0.29) is 28.7 Å². The van der Waals surface area contributed by atoms with Gasteiger partial charge in [0.15, 0.2) is 11.5 Å². The number of ketones is 1. The monoisotopic (exact) mass is 480 g/mol. The highest BCUT2D eigenvalue weighted by Crippen LogP contribution is 2.52. The van der Waals surface area contributed by atoms with Gasteiger partial charge in [-0.1, -0.05) is 23.7 Å². The van der Waals surface area contributed by atoms with Crippen LogP contribution in [0.5, 0.6) is 11.5 Å². The van der Waals surface area contributed by atoms with Gasteiger partial charge in [-0.2, -0.15) is 0 Å². The Morgan fingerprint density at radius 3 is 2.66 bits per heavy atom. The molecule has 0 radical (unpaired) electrons. The lowest BCUT2D eigenvalue weighted by Crippen LogP contribution is -2.26. The molecule has 3 aromatic rings. The van der Waals surface area contributed by atoms with Crippen molar-refractivity contribution in [2.24, 2.45) is 5.73 Å². The van der Waals surface area contributed by atoms with Gasteiger partial charge in [0.05, 0.1) is 17.9 Å².